The van der Waals surface area contributed by atoms with Crippen LogP contribution in [0.4, 0.5) is 30.7 Å². The number of rotatable bonds is 11. The van der Waals surface area contributed by atoms with E-state index >= 15 is 0 Å². The molecule has 0 aliphatic carbocycles. The average molecular weight is 608 g/mol. The Hall–Kier alpha value is -4.75. The van der Waals surface area contributed by atoms with Crippen LogP contribution in [0.1, 0.15) is 71.3 Å². The first-order chi connectivity index (χ1) is 20.4. The molecule has 0 radical (unpaired) electrons. The molecule has 2 aromatic heterocycles. The average Bonchev–Trinajstić information content (AvgIpc) is 3.39. The minimum absolute atomic E-state index is 0.0803. The smallest absolute Gasteiger partial charge is 0.282 e. The SMILES string of the molecule is CCC(C(=O)N[C@@H](Cc1cc(F)cc(F)c1)c1ncccc1-c1ccc(F)c(C(N)=O)c1)n1nc(C(F)F)cc1C(F)F. The van der Waals surface area contributed by atoms with E-state index in [0.717, 1.165) is 24.3 Å². The molecule has 3 N–H and O–H groups in total. The second-order valence-corrected chi connectivity index (χ2v) is 9.50. The highest BCUT2D eigenvalue weighted by molar-refractivity contribution is 5.94. The van der Waals surface area contributed by atoms with Crippen LogP contribution in [0.3, 0.4) is 0 Å². The Bertz CT molecular complexity index is 1620. The second-order valence-electron chi connectivity index (χ2n) is 9.50. The van der Waals surface area contributed by atoms with Gasteiger partial charge in [-0.25, -0.2) is 30.7 Å². The molecule has 0 aliphatic heterocycles. The largest absolute Gasteiger partial charge is 0.366 e. The molecule has 14 heteroatoms. The van der Waals surface area contributed by atoms with Gasteiger partial charge in [0.05, 0.1) is 17.3 Å². The molecular formula is C29H24F7N5O2. The monoisotopic (exact) mass is 607 g/mol. The third kappa shape index (κ3) is 7.01. The number of primary amides is 1. The molecule has 2 amide bonds. The van der Waals surface area contributed by atoms with Crippen molar-refractivity contribution in [3.8, 4) is 11.1 Å². The molecule has 226 valence electrons. The summed E-state index contributed by atoms with van der Waals surface area (Å²) in [6.07, 6.45) is -5.47. The molecule has 0 spiro atoms. The van der Waals surface area contributed by atoms with Crippen molar-refractivity contribution in [2.45, 2.75) is 44.7 Å². The highest BCUT2D eigenvalue weighted by Crippen LogP contribution is 2.32. The molecule has 1 unspecified atom stereocenters. The van der Waals surface area contributed by atoms with Crippen molar-refractivity contribution in [1.82, 2.24) is 20.1 Å². The summed E-state index contributed by atoms with van der Waals surface area (Å²) in [5, 5.41) is 6.17. The van der Waals surface area contributed by atoms with E-state index in [-0.39, 0.29) is 35.2 Å². The van der Waals surface area contributed by atoms with E-state index in [1.165, 1.54) is 31.3 Å². The van der Waals surface area contributed by atoms with Crippen LogP contribution in [0, 0.1) is 17.5 Å². The van der Waals surface area contributed by atoms with Gasteiger partial charge in [-0.3, -0.25) is 19.3 Å². The van der Waals surface area contributed by atoms with Gasteiger partial charge in [0, 0.05) is 17.8 Å². The molecule has 0 fully saturated rings. The molecule has 43 heavy (non-hydrogen) atoms. The van der Waals surface area contributed by atoms with Crippen LogP contribution in [-0.2, 0) is 11.2 Å². The van der Waals surface area contributed by atoms with E-state index < -0.39 is 71.2 Å². The Balaban J connectivity index is 1.81. The van der Waals surface area contributed by atoms with Crippen molar-refractivity contribution in [2.24, 2.45) is 5.73 Å². The Kier molecular flexibility index (Phi) is 9.46. The number of benzene rings is 2. The third-order valence-electron chi connectivity index (χ3n) is 6.61. The maximum atomic E-state index is 14.2. The molecule has 2 heterocycles. The maximum Gasteiger partial charge on any atom is 0.282 e. The number of carbonyl (C=O) groups is 2. The van der Waals surface area contributed by atoms with Crippen LogP contribution in [-0.4, -0.2) is 26.6 Å². The van der Waals surface area contributed by atoms with Crippen molar-refractivity contribution in [3.63, 3.8) is 0 Å². The number of pyridine rings is 1. The van der Waals surface area contributed by atoms with Gasteiger partial charge in [-0.2, -0.15) is 5.10 Å². The van der Waals surface area contributed by atoms with E-state index in [1.54, 1.807) is 0 Å². The Morgan fingerprint density at radius 1 is 0.953 bits per heavy atom. The lowest BCUT2D eigenvalue weighted by atomic mass is 9.94. The van der Waals surface area contributed by atoms with Gasteiger partial charge >= 0.3 is 0 Å². The van der Waals surface area contributed by atoms with E-state index in [1.807, 2.05) is 0 Å². The van der Waals surface area contributed by atoms with E-state index in [0.29, 0.717) is 16.8 Å². The summed E-state index contributed by atoms with van der Waals surface area (Å²) in [5.41, 5.74) is 3.71. The normalized spacial score (nSPS) is 12.9. The van der Waals surface area contributed by atoms with Crippen molar-refractivity contribution in [3.05, 3.63) is 106 Å². The number of alkyl halides is 4. The Labute approximate surface area is 240 Å². The molecule has 4 rings (SSSR count). The quantitative estimate of drug-likeness (QED) is 0.193. The van der Waals surface area contributed by atoms with Crippen LogP contribution < -0.4 is 11.1 Å². The predicted octanol–water partition coefficient (Wildman–Crippen LogP) is 6.39. The topological polar surface area (TPSA) is 103 Å². The number of nitrogens with one attached hydrogen (secondary N) is 1. The van der Waals surface area contributed by atoms with Gasteiger partial charge in [0.15, 0.2) is 0 Å². The highest BCUT2D eigenvalue weighted by Gasteiger charge is 2.31. The van der Waals surface area contributed by atoms with Gasteiger partial charge in [0.1, 0.15) is 34.9 Å². The lowest BCUT2D eigenvalue weighted by molar-refractivity contribution is -0.125. The van der Waals surface area contributed by atoms with Gasteiger partial charge < -0.3 is 11.1 Å². The van der Waals surface area contributed by atoms with Gasteiger partial charge in [-0.05, 0) is 60.4 Å². The Morgan fingerprint density at radius 3 is 2.26 bits per heavy atom. The van der Waals surface area contributed by atoms with Crippen molar-refractivity contribution in [1.29, 1.82) is 0 Å². The summed E-state index contributed by atoms with van der Waals surface area (Å²) in [7, 11) is 0. The van der Waals surface area contributed by atoms with Gasteiger partial charge in [0.2, 0.25) is 5.91 Å². The first-order valence-electron chi connectivity index (χ1n) is 12.8. The fourth-order valence-electron chi connectivity index (χ4n) is 4.69. The van der Waals surface area contributed by atoms with Crippen molar-refractivity contribution < 1.29 is 40.3 Å². The molecule has 0 saturated heterocycles. The number of hydrogen-bond donors (Lipinski definition) is 2. The molecule has 7 nitrogen and oxygen atoms in total. The second kappa shape index (κ2) is 13.0. The summed E-state index contributed by atoms with van der Waals surface area (Å²) < 4.78 is 96.9. The summed E-state index contributed by atoms with van der Waals surface area (Å²) >= 11 is 0. The fourth-order valence-corrected chi connectivity index (χ4v) is 4.69. The number of hydrogen-bond acceptors (Lipinski definition) is 4. The molecule has 0 aliphatic rings. The molecule has 2 atom stereocenters. The highest BCUT2D eigenvalue weighted by atomic mass is 19.3. The van der Waals surface area contributed by atoms with Gasteiger partial charge in [-0.1, -0.05) is 19.1 Å². The number of halogens is 7. The minimum Gasteiger partial charge on any atom is -0.366 e. The fraction of sp³-hybridized carbons (Fsp3) is 0.241. The number of aromatic nitrogens is 3. The molecular weight excluding hydrogens is 583 g/mol. The zero-order valence-electron chi connectivity index (χ0n) is 22.4. The summed E-state index contributed by atoms with van der Waals surface area (Å²) in [6.45, 7) is 1.45. The standard InChI is InChI=1S/C29H24F7N5O2/c1-2-23(41-24(27(35)36)13-22(40-41)26(33)34)29(43)39-21(10-14-8-16(30)12-17(31)9-14)25-18(4-3-7-38-25)15-5-6-20(32)19(11-15)28(37)42/h3-9,11-13,21,23,26-27H,2,10H2,1H3,(H2,37,42)(H,39,43)/t21-,23?/m0/s1. The van der Waals surface area contributed by atoms with Crippen LogP contribution in [0.25, 0.3) is 11.1 Å². The number of nitrogens with zero attached hydrogens (tertiary/aromatic N) is 3. The molecule has 0 bridgehead atoms. The van der Waals surface area contributed by atoms with Crippen LogP contribution in [0.2, 0.25) is 0 Å². The molecule has 4 aromatic rings. The van der Waals surface area contributed by atoms with Gasteiger partial charge in [0.25, 0.3) is 18.8 Å². The predicted molar refractivity (Wildman–Crippen MR) is 141 cm³/mol. The summed E-state index contributed by atoms with van der Waals surface area (Å²) in [5.74, 6) is -4.67. The molecule has 0 saturated carbocycles. The lowest BCUT2D eigenvalue weighted by Gasteiger charge is -2.25. The molecule has 2 aromatic carbocycles. The van der Waals surface area contributed by atoms with Crippen LogP contribution >= 0.6 is 0 Å². The maximum absolute atomic E-state index is 14.2. The van der Waals surface area contributed by atoms with Crippen molar-refractivity contribution in [2.75, 3.05) is 0 Å². The van der Waals surface area contributed by atoms with Gasteiger partial charge in [-0.15, -0.1) is 0 Å². The zero-order chi connectivity index (χ0) is 31.4. The third-order valence-corrected chi connectivity index (χ3v) is 6.61. The summed E-state index contributed by atoms with van der Waals surface area (Å²) in [6, 6.07) is 7.03. The van der Waals surface area contributed by atoms with Crippen LogP contribution in [0.5, 0.6) is 0 Å². The lowest BCUT2D eigenvalue weighted by Crippen LogP contribution is -2.37. The minimum atomic E-state index is -3.23. The Morgan fingerprint density at radius 2 is 1.65 bits per heavy atom. The first kappa shape index (κ1) is 31.2. The van der Waals surface area contributed by atoms with Crippen molar-refractivity contribution >= 4 is 11.8 Å². The van der Waals surface area contributed by atoms with E-state index in [4.69, 9.17) is 5.73 Å². The number of nitrogens with two attached hydrogens (primary N) is 1. The van der Waals surface area contributed by atoms with E-state index in [2.05, 4.69) is 15.4 Å². The van der Waals surface area contributed by atoms with E-state index in [9.17, 15) is 40.3 Å². The zero-order valence-corrected chi connectivity index (χ0v) is 22.4. The number of carbonyl (C=O) groups excluding carboxylic acids is 2. The summed E-state index contributed by atoms with van der Waals surface area (Å²) in [4.78, 5) is 29.7. The first-order valence-corrected chi connectivity index (χ1v) is 12.8. The number of amides is 2. The van der Waals surface area contributed by atoms with Crippen LogP contribution in [0.15, 0.2) is 60.8 Å².